The number of carbonyl (C=O) groups excluding carboxylic acids is 2. The SMILES string of the molecule is CS(=O)(=O)N(CC(=O)N1CC(=O)Nc2ccccc21)c1cc(Cl)c(Cl)cc1Cl. The quantitative estimate of drug-likeness (QED) is 0.706. The molecule has 2 amide bonds. The lowest BCUT2D eigenvalue weighted by molar-refractivity contribution is -0.121. The minimum atomic E-state index is -3.90. The Bertz CT molecular complexity index is 1080. The van der Waals surface area contributed by atoms with Gasteiger partial charge in [-0.1, -0.05) is 46.9 Å². The highest BCUT2D eigenvalue weighted by atomic mass is 35.5. The van der Waals surface area contributed by atoms with Gasteiger partial charge in [-0.15, -0.1) is 0 Å². The molecule has 1 aliphatic heterocycles. The highest BCUT2D eigenvalue weighted by Gasteiger charge is 2.31. The van der Waals surface area contributed by atoms with Crippen molar-refractivity contribution >= 4 is 73.7 Å². The van der Waals surface area contributed by atoms with Gasteiger partial charge in [-0.05, 0) is 24.3 Å². The van der Waals surface area contributed by atoms with Gasteiger partial charge in [0.2, 0.25) is 21.8 Å². The van der Waals surface area contributed by atoms with Gasteiger partial charge in [-0.2, -0.15) is 0 Å². The van der Waals surface area contributed by atoms with Crippen molar-refractivity contribution in [2.75, 3.05) is 33.9 Å². The number of hydrogen-bond donors (Lipinski definition) is 1. The molecule has 1 aliphatic rings. The van der Waals surface area contributed by atoms with Crippen LogP contribution in [0, 0.1) is 0 Å². The summed E-state index contributed by atoms with van der Waals surface area (Å²) in [5.41, 5.74) is 0.952. The first-order chi connectivity index (χ1) is 13.1. The Morgan fingerprint density at radius 3 is 2.46 bits per heavy atom. The van der Waals surface area contributed by atoms with E-state index in [4.69, 9.17) is 34.8 Å². The van der Waals surface area contributed by atoms with Gasteiger partial charge >= 0.3 is 0 Å². The van der Waals surface area contributed by atoms with Crippen LogP contribution in [-0.4, -0.2) is 39.6 Å². The van der Waals surface area contributed by atoms with Crippen LogP contribution in [0.5, 0.6) is 0 Å². The Morgan fingerprint density at radius 2 is 1.79 bits per heavy atom. The lowest BCUT2D eigenvalue weighted by Gasteiger charge is -2.31. The van der Waals surface area contributed by atoms with Crippen LogP contribution in [0.3, 0.4) is 0 Å². The summed E-state index contributed by atoms with van der Waals surface area (Å²) in [6.07, 6.45) is 0.940. The summed E-state index contributed by atoms with van der Waals surface area (Å²) in [6, 6.07) is 9.30. The number of sulfonamides is 1. The number of benzene rings is 2. The number of nitrogens with zero attached hydrogens (tertiary/aromatic N) is 2. The molecule has 1 heterocycles. The summed E-state index contributed by atoms with van der Waals surface area (Å²) >= 11 is 18.0. The van der Waals surface area contributed by atoms with Crippen molar-refractivity contribution in [2.24, 2.45) is 0 Å². The first-order valence-electron chi connectivity index (χ1n) is 7.89. The maximum absolute atomic E-state index is 12.9. The second-order valence-corrected chi connectivity index (χ2v) is 9.16. The molecule has 0 saturated heterocycles. The van der Waals surface area contributed by atoms with E-state index in [1.165, 1.54) is 17.0 Å². The van der Waals surface area contributed by atoms with Crippen molar-refractivity contribution < 1.29 is 18.0 Å². The van der Waals surface area contributed by atoms with E-state index in [0.29, 0.717) is 11.4 Å². The number of hydrogen-bond acceptors (Lipinski definition) is 4. The van der Waals surface area contributed by atoms with Gasteiger partial charge < -0.3 is 5.32 Å². The van der Waals surface area contributed by atoms with Crippen LogP contribution in [0.25, 0.3) is 0 Å². The highest BCUT2D eigenvalue weighted by Crippen LogP contribution is 2.36. The molecule has 2 aromatic rings. The summed E-state index contributed by atoms with van der Waals surface area (Å²) in [6.45, 7) is -0.805. The molecule has 11 heteroatoms. The molecule has 28 heavy (non-hydrogen) atoms. The van der Waals surface area contributed by atoms with Crippen LogP contribution < -0.4 is 14.5 Å². The molecule has 3 rings (SSSR count). The number of fused-ring (bicyclic) bond motifs is 1. The predicted molar refractivity (Wildman–Crippen MR) is 111 cm³/mol. The van der Waals surface area contributed by atoms with Crippen LogP contribution in [0.2, 0.25) is 15.1 Å². The van der Waals surface area contributed by atoms with Crippen LogP contribution in [-0.2, 0) is 19.6 Å². The first-order valence-corrected chi connectivity index (χ1v) is 10.9. The molecule has 7 nitrogen and oxygen atoms in total. The Hall–Kier alpha value is -2.00. The lowest BCUT2D eigenvalue weighted by atomic mass is 10.2. The van der Waals surface area contributed by atoms with Gasteiger partial charge in [0.1, 0.15) is 13.1 Å². The van der Waals surface area contributed by atoms with Crippen molar-refractivity contribution in [1.29, 1.82) is 0 Å². The van der Waals surface area contributed by atoms with Crippen LogP contribution in [0.15, 0.2) is 36.4 Å². The number of rotatable bonds is 4. The molecule has 0 fully saturated rings. The molecule has 0 spiro atoms. The zero-order valence-electron chi connectivity index (χ0n) is 14.4. The monoisotopic (exact) mass is 461 g/mol. The van der Waals surface area contributed by atoms with E-state index in [1.807, 2.05) is 0 Å². The molecular weight excluding hydrogens is 449 g/mol. The summed E-state index contributed by atoms with van der Waals surface area (Å²) in [7, 11) is -3.90. The van der Waals surface area contributed by atoms with Crippen molar-refractivity contribution in [3.05, 3.63) is 51.5 Å². The molecule has 0 bridgehead atoms. The Balaban J connectivity index is 1.99. The third kappa shape index (κ3) is 4.20. The standard InChI is InChI=1S/C17H14Cl3N3O4S/c1-28(26,27)23(15-7-11(19)10(18)6-12(15)20)9-17(25)22-8-16(24)21-13-4-2-3-5-14(13)22/h2-7H,8-9H2,1H3,(H,21,24). The van der Waals surface area contributed by atoms with Crippen molar-refractivity contribution in [1.82, 2.24) is 0 Å². The number of nitrogens with one attached hydrogen (secondary N) is 1. The third-order valence-corrected chi connectivity index (χ3v) is 6.16. The van der Waals surface area contributed by atoms with Gasteiger partial charge in [0.15, 0.2) is 0 Å². The summed E-state index contributed by atoms with van der Waals surface area (Å²) in [4.78, 5) is 26.1. The Kier molecular flexibility index (Phi) is 5.77. The summed E-state index contributed by atoms with van der Waals surface area (Å²) in [5.74, 6) is -0.986. The molecular formula is C17H14Cl3N3O4S. The van der Waals surface area contributed by atoms with Gasteiger partial charge in [-0.25, -0.2) is 8.42 Å². The third-order valence-electron chi connectivity index (χ3n) is 4.01. The van der Waals surface area contributed by atoms with Crippen molar-refractivity contribution in [3.8, 4) is 0 Å². The normalized spacial score (nSPS) is 13.7. The van der Waals surface area contributed by atoms with Gasteiger partial charge in [0.05, 0.1) is 38.4 Å². The topological polar surface area (TPSA) is 86.8 Å². The van der Waals surface area contributed by atoms with E-state index in [-0.39, 0.29) is 33.2 Å². The average molecular weight is 463 g/mol. The summed E-state index contributed by atoms with van der Waals surface area (Å²) < 4.78 is 25.5. The largest absolute Gasteiger partial charge is 0.323 e. The molecule has 2 aromatic carbocycles. The van der Waals surface area contributed by atoms with E-state index in [2.05, 4.69) is 5.32 Å². The first kappa shape index (κ1) is 20.7. The van der Waals surface area contributed by atoms with Gasteiger partial charge in [0, 0.05) is 0 Å². The van der Waals surface area contributed by atoms with Crippen LogP contribution in [0.4, 0.5) is 17.1 Å². The van der Waals surface area contributed by atoms with E-state index < -0.39 is 22.5 Å². The minimum absolute atomic E-state index is 0.0154. The fraction of sp³-hybridized carbons (Fsp3) is 0.176. The maximum Gasteiger partial charge on any atom is 0.248 e. The molecule has 0 atom stereocenters. The van der Waals surface area contributed by atoms with Gasteiger partial charge in [0.25, 0.3) is 0 Å². The lowest BCUT2D eigenvalue weighted by Crippen LogP contribution is -2.47. The average Bonchev–Trinajstić information content (AvgIpc) is 2.61. The molecule has 148 valence electrons. The smallest absolute Gasteiger partial charge is 0.248 e. The van der Waals surface area contributed by atoms with E-state index in [9.17, 15) is 18.0 Å². The second kappa shape index (κ2) is 7.79. The fourth-order valence-electron chi connectivity index (χ4n) is 2.75. The van der Waals surface area contributed by atoms with Crippen LogP contribution >= 0.6 is 34.8 Å². The second-order valence-electron chi connectivity index (χ2n) is 6.03. The van der Waals surface area contributed by atoms with Gasteiger partial charge in [-0.3, -0.25) is 18.8 Å². The molecule has 0 aromatic heterocycles. The zero-order chi connectivity index (χ0) is 20.6. The number of anilines is 3. The summed E-state index contributed by atoms with van der Waals surface area (Å²) in [5, 5.41) is 2.92. The molecule has 0 aliphatic carbocycles. The molecule has 0 radical (unpaired) electrons. The zero-order valence-corrected chi connectivity index (χ0v) is 17.5. The predicted octanol–water partition coefficient (Wildman–Crippen LogP) is 3.40. The minimum Gasteiger partial charge on any atom is -0.323 e. The number of carbonyl (C=O) groups is 2. The van der Waals surface area contributed by atoms with E-state index >= 15 is 0 Å². The number of amides is 2. The Morgan fingerprint density at radius 1 is 1.14 bits per heavy atom. The van der Waals surface area contributed by atoms with Crippen LogP contribution in [0.1, 0.15) is 0 Å². The molecule has 0 unspecified atom stereocenters. The van der Waals surface area contributed by atoms with E-state index in [0.717, 1.165) is 10.6 Å². The fourth-order valence-corrected chi connectivity index (χ4v) is 4.29. The molecule has 1 N–H and O–H groups in total. The van der Waals surface area contributed by atoms with Crippen molar-refractivity contribution in [2.45, 2.75) is 0 Å². The van der Waals surface area contributed by atoms with E-state index in [1.54, 1.807) is 24.3 Å². The Labute approximate surface area is 176 Å². The number of halogens is 3. The maximum atomic E-state index is 12.9. The molecule has 0 saturated carbocycles. The van der Waals surface area contributed by atoms with Crippen molar-refractivity contribution in [3.63, 3.8) is 0 Å². The number of para-hydroxylation sites is 2. The highest BCUT2D eigenvalue weighted by molar-refractivity contribution is 7.92.